The van der Waals surface area contributed by atoms with E-state index < -0.39 is 60.9 Å². The number of ether oxygens (including phenoxy) is 3. The summed E-state index contributed by atoms with van der Waals surface area (Å²) in [5.41, 5.74) is 0.0620. The molecule has 1 aliphatic heterocycles. The van der Waals surface area contributed by atoms with Gasteiger partial charge in [0, 0.05) is 12.7 Å². The van der Waals surface area contributed by atoms with Crippen molar-refractivity contribution in [1.82, 2.24) is 5.32 Å². The van der Waals surface area contributed by atoms with Crippen LogP contribution < -0.4 is 5.32 Å². The van der Waals surface area contributed by atoms with Crippen LogP contribution in [-0.2, 0) is 20.4 Å². The Labute approximate surface area is 193 Å². The Kier molecular flexibility index (Phi) is 7.93. The molecule has 5 atom stereocenters. The highest BCUT2D eigenvalue weighted by Crippen LogP contribution is 2.29. The zero-order chi connectivity index (χ0) is 25.0. The van der Waals surface area contributed by atoms with E-state index in [1.165, 1.54) is 19.2 Å². The standard InChI is InChI=1S/C23H24F3NO7/c1-12-3-5-14(6-4-12)21(31)34-19-17(18(29)16(11-28)33-22(19)32-2)27-20(30)13-7-9-15(10-8-13)23(24,25)26/h3-10,16-19,22,28-29H,11H2,1-2H3,(H,27,30)/t16-,17+,18+,19+,22-/m1/s1. The number of amides is 1. The van der Waals surface area contributed by atoms with Gasteiger partial charge in [0.05, 0.1) is 23.8 Å². The molecule has 0 bridgehead atoms. The van der Waals surface area contributed by atoms with Gasteiger partial charge in [-0.15, -0.1) is 0 Å². The molecule has 8 nitrogen and oxygen atoms in total. The Morgan fingerprint density at radius 2 is 1.65 bits per heavy atom. The molecule has 34 heavy (non-hydrogen) atoms. The summed E-state index contributed by atoms with van der Waals surface area (Å²) in [4.78, 5) is 25.5. The van der Waals surface area contributed by atoms with Crippen LogP contribution in [0.2, 0.25) is 0 Å². The van der Waals surface area contributed by atoms with Gasteiger partial charge in [-0.2, -0.15) is 13.2 Å². The fourth-order valence-corrected chi connectivity index (χ4v) is 3.49. The molecule has 1 aliphatic rings. The summed E-state index contributed by atoms with van der Waals surface area (Å²) in [6.07, 6.45) is -9.87. The first-order chi connectivity index (χ1) is 16.0. The number of aliphatic hydroxyl groups excluding tert-OH is 2. The molecule has 2 aromatic carbocycles. The van der Waals surface area contributed by atoms with Crippen LogP contribution in [0.5, 0.6) is 0 Å². The fraction of sp³-hybridized carbons (Fsp3) is 0.391. The first-order valence-electron chi connectivity index (χ1n) is 10.3. The van der Waals surface area contributed by atoms with Crippen molar-refractivity contribution in [2.45, 2.75) is 43.7 Å². The second-order valence-corrected chi connectivity index (χ2v) is 7.76. The highest BCUT2D eigenvalue weighted by molar-refractivity contribution is 5.94. The number of alkyl halides is 3. The molecule has 184 valence electrons. The van der Waals surface area contributed by atoms with E-state index in [9.17, 15) is 33.0 Å². The molecular weight excluding hydrogens is 459 g/mol. The van der Waals surface area contributed by atoms with Crippen molar-refractivity contribution in [1.29, 1.82) is 0 Å². The lowest BCUT2D eigenvalue weighted by Crippen LogP contribution is -2.65. The monoisotopic (exact) mass is 483 g/mol. The Balaban J connectivity index is 1.85. The first-order valence-corrected chi connectivity index (χ1v) is 10.3. The van der Waals surface area contributed by atoms with Crippen LogP contribution in [0.1, 0.15) is 31.8 Å². The molecule has 1 saturated heterocycles. The van der Waals surface area contributed by atoms with Gasteiger partial charge >= 0.3 is 12.1 Å². The zero-order valence-corrected chi connectivity index (χ0v) is 18.3. The van der Waals surface area contributed by atoms with E-state index in [4.69, 9.17) is 14.2 Å². The lowest BCUT2D eigenvalue weighted by atomic mass is 9.95. The fourth-order valence-electron chi connectivity index (χ4n) is 3.49. The third-order valence-corrected chi connectivity index (χ3v) is 5.39. The predicted molar refractivity (Wildman–Crippen MR) is 112 cm³/mol. The number of aryl methyl sites for hydroxylation is 1. The number of aliphatic hydroxyl groups is 2. The van der Waals surface area contributed by atoms with Crippen molar-refractivity contribution in [2.24, 2.45) is 0 Å². The third kappa shape index (κ3) is 5.73. The number of carbonyl (C=O) groups excluding carboxylic acids is 2. The first kappa shape index (κ1) is 25.6. The predicted octanol–water partition coefficient (Wildman–Crippen LogP) is 2.06. The topological polar surface area (TPSA) is 114 Å². The minimum atomic E-state index is -4.57. The third-order valence-electron chi connectivity index (χ3n) is 5.39. The summed E-state index contributed by atoms with van der Waals surface area (Å²) in [6, 6.07) is 8.61. The van der Waals surface area contributed by atoms with E-state index in [0.29, 0.717) is 0 Å². The van der Waals surface area contributed by atoms with Crippen LogP contribution in [0.3, 0.4) is 0 Å². The summed E-state index contributed by atoms with van der Waals surface area (Å²) >= 11 is 0. The summed E-state index contributed by atoms with van der Waals surface area (Å²) in [6.45, 7) is 1.20. The van der Waals surface area contributed by atoms with Gasteiger partial charge in [-0.3, -0.25) is 4.79 Å². The van der Waals surface area contributed by atoms with Crippen LogP contribution in [-0.4, -0.2) is 66.4 Å². The van der Waals surface area contributed by atoms with Crippen LogP contribution in [0.4, 0.5) is 13.2 Å². The maximum atomic E-state index is 12.8. The van der Waals surface area contributed by atoms with E-state index in [1.54, 1.807) is 12.1 Å². The molecule has 11 heteroatoms. The number of hydrogen-bond donors (Lipinski definition) is 3. The van der Waals surface area contributed by atoms with Crippen molar-refractivity contribution < 1.29 is 47.2 Å². The molecule has 3 rings (SSSR count). The van der Waals surface area contributed by atoms with Crippen molar-refractivity contribution in [3.63, 3.8) is 0 Å². The second kappa shape index (κ2) is 10.5. The normalized spacial score (nSPS) is 25.0. The van der Waals surface area contributed by atoms with E-state index in [2.05, 4.69) is 5.32 Å². The minimum Gasteiger partial charge on any atom is -0.451 e. The number of esters is 1. The molecule has 3 N–H and O–H groups in total. The zero-order valence-electron chi connectivity index (χ0n) is 18.3. The van der Waals surface area contributed by atoms with Gasteiger partial charge in [-0.1, -0.05) is 17.7 Å². The Bertz CT molecular complexity index is 995. The number of benzene rings is 2. The summed E-state index contributed by atoms with van der Waals surface area (Å²) in [5.74, 6) is -1.61. The maximum Gasteiger partial charge on any atom is 0.416 e. The van der Waals surface area contributed by atoms with Gasteiger partial charge in [-0.05, 0) is 43.3 Å². The Morgan fingerprint density at radius 3 is 2.18 bits per heavy atom. The minimum absolute atomic E-state index is 0.121. The highest BCUT2D eigenvalue weighted by atomic mass is 19.4. The molecule has 1 amide bonds. The number of nitrogens with one attached hydrogen (secondary N) is 1. The van der Waals surface area contributed by atoms with Gasteiger partial charge in [-0.25, -0.2) is 4.79 Å². The van der Waals surface area contributed by atoms with Crippen LogP contribution in [0.25, 0.3) is 0 Å². The summed E-state index contributed by atoms with van der Waals surface area (Å²) < 4.78 is 54.6. The average molecular weight is 483 g/mol. The van der Waals surface area contributed by atoms with E-state index >= 15 is 0 Å². The van der Waals surface area contributed by atoms with Gasteiger partial charge < -0.3 is 29.7 Å². The SMILES string of the molecule is CO[C@@H]1O[C@H](CO)[C@H](O)[C@H](NC(=O)c2ccc(C(F)(F)F)cc2)[C@@H]1OC(=O)c1ccc(C)cc1. The van der Waals surface area contributed by atoms with Crippen molar-refractivity contribution in [2.75, 3.05) is 13.7 Å². The molecular formula is C23H24F3NO7. The molecule has 2 aromatic rings. The largest absolute Gasteiger partial charge is 0.451 e. The maximum absolute atomic E-state index is 12.8. The quantitative estimate of drug-likeness (QED) is 0.539. The highest BCUT2D eigenvalue weighted by Gasteiger charge is 2.48. The van der Waals surface area contributed by atoms with Crippen molar-refractivity contribution in [3.05, 3.63) is 70.8 Å². The number of rotatable bonds is 6. The smallest absolute Gasteiger partial charge is 0.416 e. The van der Waals surface area contributed by atoms with E-state index in [1.807, 2.05) is 6.92 Å². The molecule has 0 unspecified atom stereocenters. The van der Waals surface area contributed by atoms with Crippen LogP contribution in [0, 0.1) is 6.92 Å². The molecule has 0 aromatic heterocycles. The van der Waals surface area contributed by atoms with Gasteiger partial charge in [0.15, 0.2) is 12.4 Å². The average Bonchev–Trinajstić information content (AvgIpc) is 2.81. The lowest BCUT2D eigenvalue weighted by Gasteiger charge is -2.43. The van der Waals surface area contributed by atoms with Crippen molar-refractivity contribution >= 4 is 11.9 Å². The Morgan fingerprint density at radius 1 is 1.06 bits per heavy atom. The van der Waals surface area contributed by atoms with E-state index in [-0.39, 0.29) is 11.1 Å². The Hall–Kier alpha value is -2.99. The molecule has 0 saturated carbocycles. The number of methoxy groups -OCH3 is 1. The van der Waals surface area contributed by atoms with Crippen LogP contribution >= 0.6 is 0 Å². The molecule has 1 heterocycles. The summed E-state index contributed by atoms with van der Waals surface area (Å²) in [5, 5.41) is 22.7. The molecule has 1 fully saturated rings. The van der Waals surface area contributed by atoms with Crippen molar-refractivity contribution in [3.8, 4) is 0 Å². The molecule has 0 radical (unpaired) electrons. The number of carbonyl (C=O) groups is 2. The van der Waals surface area contributed by atoms with Gasteiger partial charge in [0.2, 0.25) is 0 Å². The van der Waals surface area contributed by atoms with Crippen LogP contribution in [0.15, 0.2) is 48.5 Å². The molecule has 0 aliphatic carbocycles. The van der Waals surface area contributed by atoms with Gasteiger partial charge in [0.1, 0.15) is 12.2 Å². The summed E-state index contributed by atoms with van der Waals surface area (Å²) in [7, 11) is 1.25. The second-order valence-electron chi connectivity index (χ2n) is 7.76. The van der Waals surface area contributed by atoms with Gasteiger partial charge in [0.25, 0.3) is 5.91 Å². The van der Waals surface area contributed by atoms with E-state index in [0.717, 1.165) is 29.8 Å². The molecule has 0 spiro atoms. The lowest BCUT2D eigenvalue weighted by molar-refractivity contribution is -0.269. The number of halogens is 3. The number of hydrogen-bond acceptors (Lipinski definition) is 7.